The molecule has 0 radical (unpaired) electrons. The van der Waals surface area contributed by atoms with E-state index in [2.05, 4.69) is 25.2 Å². The van der Waals surface area contributed by atoms with Crippen molar-refractivity contribution < 1.29 is 4.74 Å². The molecule has 0 aromatic heterocycles. The van der Waals surface area contributed by atoms with Crippen LogP contribution in [0.5, 0.6) is 0 Å². The molecule has 17 heavy (non-hydrogen) atoms. The fourth-order valence-corrected chi connectivity index (χ4v) is 1.46. The second kappa shape index (κ2) is 6.93. The lowest BCUT2D eigenvalue weighted by Gasteiger charge is -2.11. The Labute approximate surface area is 103 Å². The quantitative estimate of drug-likeness (QED) is 0.767. The summed E-state index contributed by atoms with van der Waals surface area (Å²) in [6.07, 6.45) is 0. The molecule has 0 amide bonds. The van der Waals surface area contributed by atoms with Crippen molar-refractivity contribution in [3.8, 4) is 6.07 Å². The van der Waals surface area contributed by atoms with E-state index in [4.69, 9.17) is 10.00 Å². The van der Waals surface area contributed by atoms with Gasteiger partial charge in [0.05, 0.1) is 18.2 Å². The van der Waals surface area contributed by atoms with Crippen molar-refractivity contribution in [2.24, 2.45) is 5.92 Å². The van der Waals surface area contributed by atoms with Gasteiger partial charge < -0.3 is 10.1 Å². The molecule has 0 bridgehead atoms. The molecule has 0 heterocycles. The molecule has 0 aliphatic carbocycles. The summed E-state index contributed by atoms with van der Waals surface area (Å²) in [6, 6.07) is 7.80. The molecule has 1 N–H and O–H groups in total. The average Bonchev–Trinajstić information content (AvgIpc) is 2.30. The lowest BCUT2D eigenvalue weighted by molar-refractivity contribution is 0.118. The van der Waals surface area contributed by atoms with E-state index in [-0.39, 0.29) is 0 Å². The number of anilines is 1. The van der Waals surface area contributed by atoms with Gasteiger partial charge in [-0.25, -0.2) is 0 Å². The van der Waals surface area contributed by atoms with E-state index in [0.717, 1.165) is 24.4 Å². The van der Waals surface area contributed by atoms with E-state index < -0.39 is 0 Å². The van der Waals surface area contributed by atoms with Gasteiger partial charge in [-0.3, -0.25) is 0 Å². The predicted molar refractivity (Wildman–Crippen MR) is 70.0 cm³/mol. The summed E-state index contributed by atoms with van der Waals surface area (Å²) in [5, 5.41) is 12.1. The van der Waals surface area contributed by atoms with Gasteiger partial charge in [0.1, 0.15) is 0 Å². The molecule has 0 saturated heterocycles. The van der Waals surface area contributed by atoms with Gasteiger partial charge in [0.2, 0.25) is 0 Å². The highest BCUT2D eigenvalue weighted by molar-refractivity contribution is 5.55. The van der Waals surface area contributed by atoms with Crippen molar-refractivity contribution in [1.29, 1.82) is 5.26 Å². The van der Waals surface area contributed by atoms with E-state index in [1.54, 1.807) is 0 Å². The normalized spacial score (nSPS) is 10.3. The molecule has 0 atom stereocenters. The molecule has 1 rings (SSSR count). The number of nitrogens with one attached hydrogen (secondary N) is 1. The van der Waals surface area contributed by atoms with Crippen LogP contribution >= 0.6 is 0 Å². The van der Waals surface area contributed by atoms with Crippen LogP contribution in [0.2, 0.25) is 0 Å². The van der Waals surface area contributed by atoms with Crippen LogP contribution in [0, 0.1) is 24.2 Å². The minimum Gasteiger partial charge on any atom is -0.382 e. The first-order valence-electron chi connectivity index (χ1n) is 5.96. The van der Waals surface area contributed by atoms with Crippen LogP contribution in [-0.2, 0) is 4.74 Å². The molecule has 3 heteroatoms. The second-order valence-electron chi connectivity index (χ2n) is 4.54. The maximum absolute atomic E-state index is 8.82. The summed E-state index contributed by atoms with van der Waals surface area (Å²) in [5.74, 6) is 0.568. The number of nitriles is 1. The molecule has 3 nitrogen and oxygen atoms in total. The largest absolute Gasteiger partial charge is 0.382 e. The number of ether oxygens (including phenoxy) is 1. The fourth-order valence-electron chi connectivity index (χ4n) is 1.46. The van der Waals surface area contributed by atoms with Gasteiger partial charge >= 0.3 is 0 Å². The molecule has 0 spiro atoms. The summed E-state index contributed by atoms with van der Waals surface area (Å²) in [7, 11) is 0. The summed E-state index contributed by atoms with van der Waals surface area (Å²) in [5.41, 5.74) is 2.84. The third-order valence-electron chi connectivity index (χ3n) is 2.38. The summed E-state index contributed by atoms with van der Waals surface area (Å²) in [4.78, 5) is 0. The van der Waals surface area contributed by atoms with Crippen LogP contribution in [0.4, 0.5) is 5.69 Å². The number of hydrogen-bond acceptors (Lipinski definition) is 3. The third-order valence-corrected chi connectivity index (χ3v) is 2.38. The van der Waals surface area contributed by atoms with Gasteiger partial charge in [-0.15, -0.1) is 0 Å². The molecular formula is C14H20N2O. The van der Waals surface area contributed by atoms with Crippen molar-refractivity contribution in [2.75, 3.05) is 25.1 Å². The third kappa shape index (κ3) is 4.88. The average molecular weight is 232 g/mol. The van der Waals surface area contributed by atoms with Crippen molar-refractivity contribution in [1.82, 2.24) is 0 Å². The second-order valence-corrected chi connectivity index (χ2v) is 4.54. The van der Waals surface area contributed by atoms with E-state index in [1.165, 1.54) is 0 Å². The molecule has 0 unspecified atom stereocenters. The van der Waals surface area contributed by atoms with Crippen LogP contribution in [0.1, 0.15) is 25.0 Å². The van der Waals surface area contributed by atoms with Gasteiger partial charge in [-0.1, -0.05) is 19.9 Å². The highest BCUT2D eigenvalue weighted by Crippen LogP contribution is 2.15. The van der Waals surface area contributed by atoms with Crippen LogP contribution < -0.4 is 5.32 Å². The molecule has 0 aliphatic heterocycles. The zero-order valence-corrected chi connectivity index (χ0v) is 10.8. The van der Waals surface area contributed by atoms with Gasteiger partial charge in [0.15, 0.2) is 0 Å². The highest BCUT2D eigenvalue weighted by Gasteiger charge is 1.99. The number of aryl methyl sites for hydroxylation is 1. The highest BCUT2D eigenvalue weighted by atomic mass is 16.5. The first kappa shape index (κ1) is 13.5. The minimum atomic E-state index is 0.568. The van der Waals surface area contributed by atoms with Crippen molar-refractivity contribution in [3.63, 3.8) is 0 Å². The van der Waals surface area contributed by atoms with Crippen LogP contribution in [0.3, 0.4) is 0 Å². The first-order chi connectivity index (χ1) is 8.13. The van der Waals surface area contributed by atoms with Crippen molar-refractivity contribution >= 4 is 5.69 Å². The van der Waals surface area contributed by atoms with E-state index in [0.29, 0.717) is 18.1 Å². The maximum atomic E-state index is 8.82. The lowest BCUT2D eigenvalue weighted by atomic mass is 10.1. The summed E-state index contributed by atoms with van der Waals surface area (Å²) >= 11 is 0. The molecular weight excluding hydrogens is 212 g/mol. The topological polar surface area (TPSA) is 45.0 Å². The standard InChI is InChI=1S/C14H20N2O/c1-11(2)10-17-7-6-16-14-8-13(9-15)5-4-12(14)3/h4-5,8,11,16H,6-7,10H2,1-3H3. The summed E-state index contributed by atoms with van der Waals surface area (Å²) < 4.78 is 5.49. The van der Waals surface area contributed by atoms with Gasteiger partial charge in [-0.05, 0) is 30.5 Å². The Hall–Kier alpha value is -1.53. The Morgan fingerprint density at radius 3 is 2.82 bits per heavy atom. The van der Waals surface area contributed by atoms with Crippen molar-refractivity contribution in [3.05, 3.63) is 29.3 Å². The van der Waals surface area contributed by atoms with E-state index in [1.807, 2.05) is 25.1 Å². The minimum absolute atomic E-state index is 0.568. The predicted octanol–water partition coefficient (Wildman–Crippen LogP) is 2.95. The number of benzene rings is 1. The Morgan fingerprint density at radius 1 is 1.41 bits per heavy atom. The maximum Gasteiger partial charge on any atom is 0.0992 e. The SMILES string of the molecule is Cc1ccc(C#N)cc1NCCOCC(C)C. The molecule has 0 aliphatic rings. The molecule has 92 valence electrons. The Balaban J connectivity index is 2.39. The van der Waals surface area contributed by atoms with Crippen molar-refractivity contribution in [2.45, 2.75) is 20.8 Å². The monoisotopic (exact) mass is 232 g/mol. The number of hydrogen-bond donors (Lipinski definition) is 1. The number of rotatable bonds is 6. The zero-order valence-electron chi connectivity index (χ0n) is 10.8. The van der Waals surface area contributed by atoms with Gasteiger partial charge in [-0.2, -0.15) is 5.26 Å². The van der Waals surface area contributed by atoms with Gasteiger partial charge in [0, 0.05) is 18.8 Å². The van der Waals surface area contributed by atoms with Crippen LogP contribution in [-0.4, -0.2) is 19.8 Å². The molecule has 0 fully saturated rings. The lowest BCUT2D eigenvalue weighted by Crippen LogP contribution is -2.12. The Bertz CT molecular complexity index is 394. The number of nitrogens with zero attached hydrogens (tertiary/aromatic N) is 1. The first-order valence-corrected chi connectivity index (χ1v) is 5.96. The smallest absolute Gasteiger partial charge is 0.0992 e. The molecule has 1 aromatic carbocycles. The van der Waals surface area contributed by atoms with E-state index in [9.17, 15) is 0 Å². The zero-order chi connectivity index (χ0) is 12.7. The van der Waals surface area contributed by atoms with Crippen LogP contribution in [0.25, 0.3) is 0 Å². The van der Waals surface area contributed by atoms with Gasteiger partial charge in [0.25, 0.3) is 0 Å². The summed E-state index contributed by atoms with van der Waals surface area (Å²) in [6.45, 7) is 8.54. The Kier molecular flexibility index (Phi) is 5.51. The molecule has 1 aromatic rings. The fraction of sp³-hybridized carbons (Fsp3) is 0.500. The Morgan fingerprint density at radius 2 is 2.18 bits per heavy atom. The molecule has 0 saturated carbocycles. The van der Waals surface area contributed by atoms with E-state index >= 15 is 0 Å². The van der Waals surface area contributed by atoms with Crippen LogP contribution in [0.15, 0.2) is 18.2 Å².